The van der Waals surface area contributed by atoms with E-state index in [0.29, 0.717) is 6.07 Å². The summed E-state index contributed by atoms with van der Waals surface area (Å²) in [5.74, 6) is -0.845. The first-order valence-electron chi connectivity index (χ1n) is 4.32. The number of nitro groups is 1. The molecule has 8 heteroatoms. The second-order valence-electron chi connectivity index (χ2n) is 2.87. The van der Waals surface area contributed by atoms with E-state index in [2.05, 4.69) is 4.72 Å². The Balaban J connectivity index is 3.42. The minimum Gasteiger partial charge on any atom is -0.258 e. The van der Waals surface area contributed by atoms with Gasteiger partial charge in [-0.1, -0.05) is 6.92 Å². The molecule has 0 aliphatic rings. The van der Waals surface area contributed by atoms with Gasteiger partial charge < -0.3 is 0 Å². The van der Waals surface area contributed by atoms with Crippen molar-refractivity contribution in [3.05, 3.63) is 34.1 Å². The summed E-state index contributed by atoms with van der Waals surface area (Å²) in [6.07, 6.45) is 0. The van der Waals surface area contributed by atoms with Crippen molar-refractivity contribution in [1.29, 1.82) is 0 Å². The predicted octanol–water partition coefficient (Wildman–Crippen LogP) is 1.03. The number of nitrogens with zero attached hydrogens (tertiary/aromatic N) is 1. The van der Waals surface area contributed by atoms with E-state index in [1.165, 1.54) is 6.92 Å². The van der Waals surface area contributed by atoms with Gasteiger partial charge in [-0.25, -0.2) is 17.5 Å². The summed E-state index contributed by atoms with van der Waals surface area (Å²) in [4.78, 5) is 9.04. The van der Waals surface area contributed by atoms with Crippen LogP contribution in [0.1, 0.15) is 6.92 Å². The molecule has 1 N–H and O–H groups in total. The average Bonchev–Trinajstić information content (AvgIpc) is 2.17. The van der Waals surface area contributed by atoms with Crippen LogP contribution in [0.15, 0.2) is 23.1 Å². The molecule has 1 rings (SSSR count). The summed E-state index contributed by atoms with van der Waals surface area (Å²) in [5.41, 5.74) is -0.651. The van der Waals surface area contributed by atoms with E-state index in [4.69, 9.17) is 0 Å². The number of hydrogen-bond donors (Lipinski definition) is 1. The molecule has 16 heavy (non-hydrogen) atoms. The Morgan fingerprint density at radius 3 is 2.62 bits per heavy atom. The van der Waals surface area contributed by atoms with Gasteiger partial charge in [0.2, 0.25) is 10.0 Å². The van der Waals surface area contributed by atoms with Crippen molar-refractivity contribution in [2.24, 2.45) is 0 Å². The number of nitro benzene ring substituents is 1. The molecule has 6 nitrogen and oxygen atoms in total. The van der Waals surface area contributed by atoms with Crippen molar-refractivity contribution in [2.45, 2.75) is 11.8 Å². The smallest absolute Gasteiger partial charge is 0.258 e. The monoisotopic (exact) mass is 248 g/mol. The fraction of sp³-hybridized carbons (Fsp3) is 0.250. The summed E-state index contributed by atoms with van der Waals surface area (Å²) in [6, 6.07) is 2.28. The third-order valence-corrected chi connectivity index (χ3v) is 3.32. The maximum absolute atomic E-state index is 12.9. The minimum absolute atomic E-state index is 0.0655. The normalized spacial score (nSPS) is 11.4. The number of benzene rings is 1. The minimum atomic E-state index is -4.04. The highest BCUT2D eigenvalue weighted by molar-refractivity contribution is 7.89. The molecule has 0 aliphatic carbocycles. The van der Waals surface area contributed by atoms with Crippen LogP contribution in [0, 0.1) is 15.9 Å². The molecule has 0 saturated carbocycles. The Morgan fingerprint density at radius 1 is 1.50 bits per heavy atom. The Bertz CT molecular complexity index is 515. The number of halogens is 1. The molecule has 0 saturated heterocycles. The largest absolute Gasteiger partial charge is 0.289 e. The molecule has 88 valence electrons. The quantitative estimate of drug-likeness (QED) is 0.636. The maximum atomic E-state index is 12.9. The Morgan fingerprint density at radius 2 is 2.12 bits per heavy atom. The van der Waals surface area contributed by atoms with E-state index >= 15 is 0 Å². The van der Waals surface area contributed by atoms with Crippen LogP contribution in [0.25, 0.3) is 0 Å². The van der Waals surface area contributed by atoms with E-state index in [-0.39, 0.29) is 6.54 Å². The van der Waals surface area contributed by atoms with E-state index in [0.717, 1.165) is 12.1 Å². The Kier molecular flexibility index (Phi) is 3.55. The second kappa shape index (κ2) is 4.54. The molecule has 1 aromatic carbocycles. The van der Waals surface area contributed by atoms with Gasteiger partial charge in [-0.2, -0.15) is 0 Å². The molecule has 0 amide bonds. The van der Waals surface area contributed by atoms with Gasteiger partial charge in [-0.3, -0.25) is 10.1 Å². The van der Waals surface area contributed by atoms with Gasteiger partial charge in [0, 0.05) is 18.7 Å². The number of nitrogens with one attached hydrogen (secondary N) is 1. The lowest BCUT2D eigenvalue weighted by molar-refractivity contribution is -0.387. The highest BCUT2D eigenvalue weighted by Gasteiger charge is 2.25. The lowest BCUT2D eigenvalue weighted by Crippen LogP contribution is -2.24. The van der Waals surface area contributed by atoms with Gasteiger partial charge >= 0.3 is 0 Å². The molecule has 0 aromatic heterocycles. The van der Waals surface area contributed by atoms with Gasteiger partial charge in [0.1, 0.15) is 5.82 Å². The zero-order valence-corrected chi connectivity index (χ0v) is 9.12. The van der Waals surface area contributed by atoms with Crippen molar-refractivity contribution < 1.29 is 17.7 Å². The first-order valence-corrected chi connectivity index (χ1v) is 5.80. The molecule has 0 heterocycles. The fourth-order valence-electron chi connectivity index (χ4n) is 1.12. The van der Waals surface area contributed by atoms with Crippen LogP contribution in [-0.4, -0.2) is 19.9 Å². The van der Waals surface area contributed by atoms with Crippen molar-refractivity contribution in [1.82, 2.24) is 4.72 Å². The van der Waals surface area contributed by atoms with Crippen LogP contribution in [0.5, 0.6) is 0 Å². The molecule has 0 fully saturated rings. The van der Waals surface area contributed by atoms with E-state index in [1.54, 1.807) is 0 Å². The van der Waals surface area contributed by atoms with E-state index in [9.17, 15) is 22.9 Å². The zero-order chi connectivity index (χ0) is 12.3. The topological polar surface area (TPSA) is 89.3 Å². The first kappa shape index (κ1) is 12.5. The second-order valence-corrected chi connectivity index (χ2v) is 4.61. The van der Waals surface area contributed by atoms with Crippen molar-refractivity contribution in [2.75, 3.05) is 6.54 Å². The lowest BCUT2D eigenvalue weighted by Gasteiger charge is -2.04. The third kappa shape index (κ3) is 2.52. The van der Waals surface area contributed by atoms with Crippen LogP contribution < -0.4 is 4.72 Å². The van der Waals surface area contributed by atoms with Gasteiger partial charge in [-0.05, 0) is 6.07 Å². The molecule has 0 atom stereocenters. The maximum Gasteiger partial charge on any atom is 0.289 e. The Hall–Kier alpha value is -1.54. The standard InChI is InChI=1S/C8H9FN2O4S/c1-2-10-16(14,15)8-5-6(9)3-4-7(8)11(12)13/h3-5,10H,2H2,1H3. The van der Waals surface area contributed by atoms with E-state index in [1.807, 2.05) is 0 Å². The molecule has 0 unspecified atom stereocenters. The van der Waals surface area contributed by atoms with Gasteiger partial charge in [0.05, 0.1) is 4.92 Å². The fourth-order valence-corrected chi connectivity index (χ4v) is 2.34. The number of rotatable bonds is 4. The third-order valence-electron chi connectivity index (χ3n) is 1.74. The molecule has 1 aromatic rings. The van der Waals surface area contributed by atoms with Crippen LogP contribution in [0.2, 0.25) is 0 Å². The molecule has 0 spiro atoms. The summed E-state index contributed by atoms with van der Waals surface area (Å²) < 4.78 is 38.0. The summed E-state index contributed by atoms with van der Waals surface area (Å²) >= 11 is 0. The van der Waals surface area contributed by atoms with Crippen LogP contribution in [-0.2, 0) is 10.0 Å². The van der Waals surface area contributed by atoms with Gasteiger partial charge in [0.15, 0.2) is 4.90 Å². The first-order chi connectivity index (χ1) is 7.38. The lowest BCUT2D eigenvalue weighted by atomic mass is 10.3. The predicted molar refractivity (Wildman–Crippen MR) is 53.9 cm³/mol. The molecular weight excluding hydrogens is 239 g/mol. The van der Waals surface area contributed by atoms with Gasteiger partial charge in [-0.15, -0.1) is 0 Å². The average molecular weight is 248 g/mol. The zero-order valence-electron chi connectivity index (χ0n) is 8.31. The highest BCUT2D eigenvalue weighted by atomic mass is 32.2. The summed E-state index contributed by atoms with van der Waals surface area (Å²) in [5, 5.41) is 10.6. The van der Waals surface area contributed by atoms with Crippen LogP contribution >= 0.6 is 0 Å². The van der Waals surface area contributed by atoms with Gasteiger partial charge in [0.25, 0.3) is 5.69 Å². The summed E-state index contributed by atoms with van der Waals surface area (Å²) in [6.45, 7) is 1.58. The number of hydrogen-bond acceptors (Lipinski definition) is 4. The molecule has 0 aliphatic heterocycles. The molecule has 0 radical (unpaired) electrons. The molecule has 0 bridgehead atoms. The van der Waals surface area contributed by atoms with E-state index < -0.39 is 31.3 Å². The highest BCUT2D eigenvalue weighted by Crippen LogP contribution is 2.23. The molecular formula is C8H9FN2O4S. The number of sulfonamides is 1. The van der Waals surface area contributed by atoms with Crippen molar-refractivity contribution in [3.8, 4) is 0 Å². The van der Waals surface area contributed by atoms with Crippen molar-refractivity contribution in [3.63, 3.8) is 0 Å². The summed E-state index contributed by atoms with van der Waals surface area (Å²) in [7, 11) is -4.04. The Labute approximate surface area is 91.3 Å². The van der Waals surface area contributed by atoms with Crippen molar-refractivity contribution >= 4 is 15.7 Å². The van der Waals surface area contributed by atoms with Crippen LogP contribution in [0.3, 0.4) is 0 Å². The van der Waals surface area contributed by atoms with Crippen LogP contribution in [0.4, 0.5) is 10.1 Å². The SMILES string of the molecule is CCNS(=O)(=O)c1cc(F)ccc1[N+](=O)[O-].